The van der Waals surface area contributed by atoms with E-state index in [4.69, 9.17) is 9.15 Å². The Kier molecular flexibility index (Phi) is 5.59. The second-order valence-electron chi connectivity index (χ2n) is 7.01. The summed E-state index contributed by atoms with van der Waals surface area (Å²) in [5, 5.41) is 18.6. The maximum atomic E-state index is 12.3. The van der Waals surface area contributed by atoms with Crippen LogP contribution in [0, 0.1) is 10.1 Å². The molecular weight excluding hydrogens is 340 g/mol. The molecule has 1 heterocycles. The van der Waals surface area contributed by atoms with Gasteiger partial charge in [0, 0.05) is 23.7 Å². The summed E-state index contributed by atoms with van der Waals surface area (Å²) >= 11 is 0. The number of nitro groups is 1. The summed E-state index contributed by atoms with van der Waals surface area (Å²) in [5.74, 6) is 0.473. The summed E-state index contributed by atoms with van der Waals surface area (Å²) in [6.07, 6.45) is -0.470. The average molecular weight is 362 g/mol. The molecule has 0 N–H and O–H groups in total. The Balaban J connectivity index is 2.14. The second kappa shape index (κ2) is 7.51. The molecule has 0 fully saturated rings. The van der Waals surface area contributed by atoms with Crippen molar-refractivity contribution < 1.29 is 18.9 Å². The van der Waals surface area contributed by atoms with Crippen LogP contribution in [0.25, 0.3) is 11.5 Å². The fraction of sp³-hybridized carbons (Fsp3) is 0.471. The number of rotatable bonds is 5. The summed E-state index contributed by atoms with van der Waals surface area (Å²) in [7, 11) is 0. The number of benzene rings is 1. The molecule has 1 aromatic heterocycles. The molecule has 0 saturated carbocycles. The van der Waals surface area contributed by atoms with E-state index in [2.05, 4.69) is 10.2 Å². The predicted octanol–water partition coefficient (Wildman–Crippen LogP) is 3.79. The third-order valence-corrected chi connectivity index (χ3v) is 3.35. The highest BCUT2D eigenvalue weighted by Gasteiger charge is 2.26. The number of ether oxygens (including phenoxy) is 1. The number of amides is 1. The lowest BCUT2D eigenvalue weighted by Gasteiger charge is -2.29. The van der Waals surface area contributed by atoms with Gasteiger partial charge >= 0.3 is 6.09 Å². The van der Waals surface area contributed by atoms with Gasteiger partial charge in [-0.05, 0) is 46.8 Å². The lowest BCUT2D eigenvalue weighted by Crippen LogP contribution is -2.40. The van der Waals surface area contributed by atoms with Gasteiger partial charge in [0.2, 0.25) is 11.8 Å². The van der Waals surface area contributed by atoms with Gasteiger partial charge in [-0.3, -0.25) is 15.0 Å². The first-order valence-electron chi connectivity index (χ1n) is 8.13. The second-order valence-corrected chi connectivity index (χ2v) is 7.01. The summed E-state index contributed by atoms with van der Waals surface area (Å²) in [4.78, 5) is 24.0. The van der Waals surface area contributed by atoms with Crippen molar-refractivity contribution >= 4 is 11.8 Å². The van der Waals surface area contributed by atoms with Crippen LogP contribution in [-0.2, 0) is 11.3 Å². The first kappa shape index (κ1) is 19.4. The van der Waals surface area contributed by atoms with E-state index in [9.17, 15) is 14.9 Å². The van der Waals surface area contributed by atoms with Crippen LogP contribution in [0.4, 0.5) is 10.5 Å². The molecule has 0 bridgehead atoms. The highest BCUT2D eigenvalue weighted by atomic mass is 16.6. The Hall–Kier alpha value is -2.97. The summed E-state index contributed by atoms with van der Waals surface area (Å²) in [6, 6.07) is 5.66. The third-order valence-electron chi connectivity index (χ3n) is 3.35. The van der Waals surface area contributed by atoms with Gasteiger partial charge in [-0.1, -0.05) is 0 Å². The quantitative estimate of drug-likeness (QED) is 0.587. The van der Waals surface area contributed by atoms with Crippen molar-refractivity contribution in [1.29, 1.82) is 0 Å². The zero-order valence-electron chi connectivity index (χ0n) is 15.4. The maximum absolute atomic E-state index is 12.3. The lowest BCUT2D eigenvalue weighted by atomic mass is 10.2. The van der Waals surface area contributed by atoms with E-state index in [0.29, 0.717) is 5.56 Å². The van der Waals surface area contributed by atoms with Crippen molar-refractivity contribution in [3.8, 4) is 11.5 Å². The fourth-order valence-electron chi connectivity index (χ4n) is 2.08. The first-order chi connectivity index (χ1) is 12.1. The van der Waals surface area contributed by atoms with Crippen LogP contribution in [0.3, 0.4) is 0 Å². The molecule has 9 nitrogen and oxygen atoms in total. The minimum Gasteiger partial charge on any atom is -0.444 e. The van der Waals surface area contributed by atoms with Gasteiger partial charge < -0.3 is 9.15 Å². The van der Waals surface area contributed by atoms with Crippen LogP contribution in [-0.4, -0.2) is 37.8 Å². The maximum Gasteiger partial charge on any atom is 0.410 e. The van der Waals surface area contributed by atoms with Gasteiger partial charge in [0.1, 0.15) is 12.1 Å². The zero-order valence-corrected chi connectivity index (χ0v) is 15.4. The van der Waals surface area contributed by atoms with E-state index in [1.54, 1.807) is 20.8 Å². The summed E-state index contributed by atoms with van der Waals surface area (Å²) < 4.78 is 11.0. The normalized spacial score (nSPS) is 11.5. The van der Waals surface area contributed by atoms with Crippen LogP contribution in [0.2, 0.25) is 0 Å². The summed E-state index contributed by atoms with van der Waals surface area (Å²) in [6.45, 7) is 9.20. The minimum absolute atomic E-state index is 0.0237. The Morgan fingerprint density at radius 1 is 1.27 bits per heavy atom. The molecule has 0 aliphatic heterocycles. The average Bonchev–Trinajstić information content (AvgIpc) is 2.99. The summed E-state index contributed by atoms with van der Waals surface area (Å²) in [5.41, 5.74) is -0.0738. The van der Waals surface area contributed by atoms with Crippen LogP contribution in [0.5, 0.6) is 0 Å². The van der Waals surface area contributed by atoms with Crippen LogP contribution in [0.1, 0.15) is 40.5 Å². The van der Waals surface area contributed by atoms with Gasteiger partial charge in [-0.2, -0.15) is 0 Å². The number of carbonyl (C=O) groups excluding carboxylic acids is 1. The Labute approximate surface area is 151 Å². The van der Waals surface area contributed by atoms with Crippen molar-refractivity contribution in [2.45, 2.75) is 52.8 Å². The van der Waals surface area contributed by atoms with E-state index in [1.807, 2.05) is 13.8 Å². The fourth-order valence-corrected chi connectivity index (χ4v) is 2.08. The van der Waals surface area contributed by atoms with Gasteiger partial charge in [0.05, 0.1) is 4.92 Å². The number of nitro benzene ring substituents is 1. The molecule has 0 radical (unpaired) electrons. The lowest BCUT2D eigenvalue weighted by molar-refractivity contribution is -0.384. The van der Waals surface area contributed by atoms with E-state index >= 15 is 0 Å². The highest BCUT2D eigenvalue weighted by molar-refractivity contribution is 5.68. The molecule has 0 atom stereocenters. The van der Waals surface area contributed by atoms with Crippen molar-refractivity contribution in [2.24, 2.45) is 0 Å². The van der Waals surface area contributed by atoms with Crippen molar-refractivity contribution in [3.05, 3.63) is 40.3 Å². The molecule has 2 aromatic rings. The molecule has 2 rings (SSSR count). The molecule has 1 aromatic carbocycles. The number of carbonyl (C=O) groups is 1. The van der Waals surface area contributed by atoms with Gasteiger partial charge in [0.25, 0.3) is 5.69 Å². The van der Waals surface area contributed by atoms with Crippen LogP contribution in [0.15, 0.2) is 28.7 Å². The number of aromatic nitrogens is 2. The molecule has 0 aliphatic rings. The number of nitrogens with zero attached hydrogens (tertiary/aromatic N) is 4. The van der Waals surface area contributed by atoms with E-state index in [0.717, 1.165) is 0 Å². The van der Waals surface area contributed by atoms with E-state index in [1.165, 1.54) is 29.2 Å². The Morgan fingerprint density at radius 3 is 2.38 bits per heavy atom. The van der Waals surface area contributed by atoms with Crippen molar-refractivity contribution in [1.82, 2.24) is 15.1 Å². The minimum atomic E-state index is -0.608. The van der Waals surface area contributed by atoms with Gasteiger partial charge in [-0.15, -0.1) is 10.2 Å². The SMILES string of the molecule is CC(C)N(Cc1nnc(-c2ccc([N+](=O)[O-])cc2)o1)C(=O)OC(C)(C)C. The standard InChI is InChI=1S/C17H22N4O5/c1-11(2)20(16(22)26-17(3,4)5)10-14-18-19-15(25-14)12-6-8-13(9-7-12)21(23)24/h6-9,11H,10H2,1-5H3. The Morgan fingerprint density at radius 2 is 1.88 bits per heavy atom. The van der Waals surface area contributed by atoms with E-state index < -0.39 is 16.6 Å². The molecular formula is C17H22N4O5. The van der Waals surface area contributed by atoms with E-state index in [-0.39, 0.29) is 30.1 Å². The van der Waals surface area contributed by atoms with Gasteiger partial charge in [0.15, 0.2) is 0 Å². The number of hydrogen-bond acceptors (Lipinski definition) is 7. The molecule has 0 saturated heterocycles. The molecule has 0 aliphatic carbocycles. The molecule has 140 valence electrons. The molecule has 0 spiro atoms. The number of non-ortho nitro benzene ring substituents is 1. The largest absolute Gasteiger partial charge is 0.444 e. The number of hydrogen-bond donors (Lipinski definition) is 0. The smallest absolute Gasteiger partial charge is 0.410 e. The molecule has 1 amide bonds. The van der Waals surface area contributed by atoms with Crippen LogP contribution >= 0.6 is 0 Å². The van der Waals surface area contributed by atoms with Crippen molar-refractivity contribution in [2.75, 3.05) is 0 Å². The zero-order chi connectivity index (χ0) is 19.5. The Bertz CT molecular complexity index is 777. The monoisotopic (exact) mass is 362 g/mol. The molecule has 26 heavy (non-hydrogen) atoms. The predicted molar refractivity (Wildman–Crippen MR) is 93.3 cm³/mol. The highest BCUT2D eigenvalue weighted by Crippen LogP contribution is 2.22. The van der Waals surface area contributed by atoms with Crippen molar-refractivity contribution in [3.63, 3.8) is 0 Å². The first-order valence-corrected chi connectivity index (χ1v) is 8.13. The molecule has 0 unspecified atom stereocenters. The third kappa shape index (κ3) is 5.01. The topological polar surface area (TPSA) is 112 Å². The van der Waals surface area contributed by atoms with Gasteiger partial charge in [-0.25, -0.2) is 4.79 Å². The van der Waals surface area contributed by atoms with Crippen LogP contribution < -0.4 is 0 Å². The molecule has 9 heteroatoms.